The van der Waals surface area contributed by atoms with E-state index in [1.165, 1.54) is 5.56 Å². The molecule has 1 aromatic carbocycles. The van der Waals surface area contributed by atoms with Gasteiger partial charge in [0.2, 0.25) is 0 Å². The van der Waals surface area contributed by atoms with Crippen molar-refractivity contribution in [1.29, 1.82) is 0 Å². The Kier molecular flexibility index (Phi) is 6.73. The van der Waals surface area contributed by atoms with E-state index in [4.69, 9.17) is 4.74 Å². The molecule has 23 heavy (non-hydrogen) atoms. The number of amides is 2. The predicted octanol–water partition coefficient (Wildman–Crippen LogP) is 3.31. The molecule has 0 saturated heterocycles. The van der Waals surface area contributed by atoms with Crippen LogP contribution in [0, 0.1) is 11.8 Å². The molecule has 0 radical (unpaired) electrons. The van der Waals surface area contributed by atoms with Gasteiger partial charge in [0.25, 0.3) is 0 Å². The van der Waals surface area contributed by atoms with E-state index in [1.807, 2.05) is 18.2 Å². The lowest BCUT2D eigenvalue weighted by atomic mass is 9.90. The number of hydrogen-bond donors (Lipinski definition) is 2. The number of aryl methyl sites for hydroxylation is 1. The molecule has 0 aromatic heterocycles. The number of methoxy groups -OCH3 is 1. The number of carbonyl (C=O) groups is 1. The summed E-state index contributed by atoms with van der Waals surface area (Å²) in [7, 11) is 1.66. The number of nitrogens with one attached hydrogen (secondary N) is 2. The van der Waals surface area contributed by atoms with Crippen LogP contribution in [-0.2, 0) is 6.42 Å². The van der Waals surface area contributed by atoms with Gasteiger partial charge in [-0.2, -0.15) is 0 Å². The molecule has 2 rings (SSSR count). The molecule has 2 N–H and O–H groups in total. The van der Waals surface area contributed by atoms with Crippen LogP contribution in [0.4, 0.5) is 4.79 Å². The van der Waals surface area contributed by atoms with Crippen LogP contribution in [-0.4, -0.2) is 26.2 Å². The van der Waals surface area contributed by atoms with E-state index in [1.54, 1.807) is 7.11 Å². The number of benzene rings is 1. The normalized spacial score (nSPS) is 19.4. The first kappa shape index (κ1) is 17.1. The van der Waals surface area contributed by atoms with Crippen molar-refractivity contribution in [1.82, 2.24) is 10.6 Å². The lowest BCUT2D eigenvalue weighted by molar-refractivity contribution is 0.239. The molecule has 2 unspecified atom stereocenters. The zero-order valence-electron chi connectivity index (χ0n) is 13.9. The molecule has 0 spiro atoms. The van der Waals surface area contributed by atoms with Gasteiger partial charge >= 0.3 is 6.03 Å². The van der Waals surface area contributed by atoms with Crippen molar-refractivity contribution < 1.29 is 9.53 Å². The third-order valence-electron chi connectivity index (χ3n) is 4.14. The molecule has 124 valence electrons. The molecular weight excluding hydrogens is 288 g/mol. The van der Waals surface area contributed by atoms with Crippen LogP contribution in [0.1, 0.15) is 18.9 Å². The Labute approximate surface area is 138 Å². The number of allylic oxidation sites excluding steroid dienone is 3. The van der Waals surface area contributed by atoms with Crippen LogP contribution in [0.25, 0.3) is 0 Å². The fourth-order valence-electron chi connectivity index (χ4n) is 2.58. The van der Waals surface area contributed by atoms with Crippen molar-refractivity contribution >= 4 is 6.03 Å². The number of urea groups is 1. The standard InChI is InChI=1S/C19H26N2O2/c1-15-6-3-4-8-17(15)14-21-19(22)20-13-5-7-16-9-11-18(23-2)12-10-16/h3-4,6,8-12,15,17H,5,7,13-14H2,1-2H3,(H2,20,21,22). The van der Waals surface area contributed by atoms with Crippen LogP contribution >= 0.6 is 0 Å². The van der Waals surface area contributed by atoms with Gasteiger partial charge in [-0.1, -0.05) is 43.4 Å². The van der Waals surface area contributed by atoms with Gasteiger partial charge < -0.3 is 15.4 Å². The number of rotatable bonds is 7. The highest BCUT2D eigenvalue weighted by Crippen LogP contribution is 2.17. The first-order chi connectivity index (χ1) is 11.2. The van der Waals surface area contributed by atoms with Crippen LogP contribution in [0.15, 0.2) is 48.6 Å². The highest BCUT2D eigenvalue weighted by molar-refractivity contribution is 5.73. The Balaban J connectivity index is 1.59. The zero-order chi connectivity index (χ0) is 16.5. The van der Waals surface area contributed by atoms with Gasteiger partial charge in [-0.15, -0.1) is 0 Å². The summed E-state index contributed by atoms with van der Waals surface area (Å²) in [6.45, 7) is 3.51. The van der Waals surface area contributed by atoms with E-state index in [9.17, 15) is 4.79 Å². The number of ether oxygens (including phenoxy) is 1. The molecular formula is C19H26N2O2. The minimum absolute atomic E-state index is 0.0881. The molecule has 2 amide bonds. The summed E-state index contributed by atoms with van der Waals surface area (Å²) < 4.78 is 5.14. The molecule has 0 fully saturated rings. The minimum Gasteiger partial charge on any atom is -0.497 e. The largest absolute Gasteiger partial charge is 0.497 e. The summed E-state index contributed by atoms with van der Waals surface area (Å²) in [6.07, 6.45) is 10.3. The van der Waals surface area contributed by atoms with Crippen molar-refractivity contribution in [2.45, 2.75) is 19.8 Å². The summed E-state index contributed by atoms with van der Waals surface area (Å²) in [6, 6.07) is 7.95. The Bertz CT molecular complexity index is 549. The fourth-order valence-corrected chi connectivity index (χ4v) is 2.58. The SMILES string of the molecule is COc1ccc(CCCNC(=O)NCC2C=CC=CC2C)cc1. The van der Waals surface area contributed by atoms with Crippen molar-refractivity contribution in [3.63, 3.8) is 0 Å². The van der Waals surface area contributed by atoms with Gasteiger partial charge in [0.15, 0.2) is 0 Å². The first-order valence-electron chi connectivity index (χ1n) is 8.18. The lowest BCUT2D eigenvalue weighted by Gasteiger charge is -2.20. The highest BCUT2D eigenvalue weighted by Gasteiger charge is 2.14. The summed E-state index contributed by atoms with van der Waals surface area (Å²) in [5, 5.41) is 5.86. The summed E-state index contributed by atoms with van der Waals surface area (Å²) in [5.74, 6) is 1.72. The quantitative estimate of drug-likeness (QED) is 0.759. The van der Waals surface area contributed by atoms with Gasteiger partial charge in [-0.3, -0.25) is 0 Å². The summed E-state index contributed by atoms with van der Waals surface area (Å²) in [4.78, 5) is 11.8. The van der Waals surface area contributed by atoms with E-state index in [0.29, 0.717) is 24.9 Å². The van der Waals surface area contributed by atoms with Gasteiger partial charge in [0, 0.05) is 19.0 Å². The molecule has 4 nitrogen and oxygen atoms in total. The first-order valence-corrected chi connectivity index (χ1v) is 8.18. The van der Waals surface area contributed by atoms with Crippen LogP contribution < -0.4 is 15.4 Å². The maximum atomic E-state index is 11.8. The number of hydrogen-bond acceptors (Lipinski definition) is 2. The predicted molar refractivity (Wildman–Crippen MR) is 93.7 cm³/mol. The summed E-state index contributed by atoms with van der Waals surface area (Å²) in [5.41, 5.74) is 1.25. The van der Waals surface area contributed by atoms with Crippen LogP contribution in [0.2, 0.25) is 0 Å². The van der Waals surface area contributed by atoms with Gasteiger partial charge in [-0.05, 0) is 36.5 Å². The average molecular weight is 314 g/mol. The Morgan fingerprint density at radius 2 is 1.87 bits per heavy atom. The Morgan fingerprint density at radius 3 is 2.57 bits per heavy atom. The molecule has 1 aliphatic rings. The minimum atomic E-state index is -0.0881. The third-order valence-corrected chi connectivity index (χ3v) is 4.14. The van der Waals surface area contributed by atoms with Gasteiger partial charge in [0.1, 0.15) is 5.75 Å². The van der Waals surface area contributed by atoms with E-state index < -0.39 is 0 Å². The van der Waals surface area contributed by atoms with Crippen molar-refractivity contribution in [3.05, 3.63) is 54.1 Å². The van der Waals surface area contributed by atoms with Crippen molar-refractivity contribution in [2.24, 2.45) is 11.8 Å². The monoisotopic (exact) mass is 314 g/mol. The fraction of sp³-hybridized carbons (Fsp3) is 0.421. The second-order valence-electron chi connectivity index (χ2n) is 5.88. The maximum Gasteiger partial charge on any atom is 0.314 e. The van der Waals surface area contributed by atoms with Crippen LogP contribution in [0.5, 0.6) is 5.75 Å². The van der Waals surface area contributed by atoms with Crippen molar-refractivity contribution in [3.8, 4) is 5.75 Å². The average Bonchev–Trinajstić information content (AvgIpc) is 2.58. The molecule has 1 aliphatic carbocycles. The third kappa shape index (κ3) is 5.81. The lowest BCUT2D eigenvalue weighted by Crippen LogP contribution is -2.39. The van der Waals surface area contributed by atoms with Crippen molar-refractivity contribution in [2.75, 3.05) is 20.2 Å². The van der Waals surface area contributed by atoms with E-state index in [-0.39, 0.29) is 6.03 Å². The molecule has 2 atom stereocenters. The second-order valence-corrected chi connectivity index (χ2v) is 5.88. The molecule has 1 aromatic rings. The van der Waals surface area contributed by atoms with E-state index in [2.05, 4.69) is 47.9 Å². The van der Waals surface area contributed by atoms with E-state index in [0.717, 1.165) is 18.6 Å². The smallest absolute Gasteiger partial charge is 0.314 e. The Morgan fingerprint density at radius 1 is 1.13 bits per heavy atom. The second kappa shape index (κ2) is 9.03. The Hall–Kier alpha value is -2.23. The van der Waals surface area contributed by atoms with E-state index >= 15 is 0 Å². The van der Waals surface area contributed by atoms with Gasteiger partial charge in [0.05, 0.1) is 7.11 Å². The topological polar surface area (TPSA) is 50.4 Å². The molecule has 4 heteroatoms. The molecule has 0 aliphatic heterocycles. The zero-order valence-corrected chi connectivity index (χ0v) is 13.9. The highest BCUT2D eigenvalue weighted by atomic mass is 16.5. The number of carbonyl (C=O) groups excluding carboxylic acids is 1. The van der Waals surface area contributed by atoms with Gasteiger partial charge in [-0.25, -0.2) is 4.79 Å². The van der Waals surface area contributed by atoms with Crippen LogP contribution in [0.3, 0.4) is 0 Å². The maximum absolute atomic E-state index is 11.8. The molecule has 0 bridgehead atoms. The molecule has 0 saturated carbocycles. The summed E-state index contributed by atoms with van der Waals surface area (Å²) >= 11 is 0. The molecule has 0 heterocycles.